The molecule has 2 atom stereocenters. The molecule has 2 saturated heterocycles. The number of amides is 1. The molecule has 2 unspecified atom stereocenters. The average molecular weight is 667 g/mol. The van der Waals surface area contributed by atoms with Crippen LogP contribution in [0.25, 0.3) is 22.2 Å². The number of rotatable bonds is 9. The molecule has 47 heavy (non-hydrogen) atoms. The van der Waals surface area contributed by atoms with Crippen LogP contribution in [0.1, 0.15) is 63.9 Å². The topological polar surface area (TPSA) is 58.4 Å². The normalized spacial score (nSPS) is 20.3. The summed E-state index contributed by atoms with van der Waals surface area (Å²) in [6.45, 7) is 5.83. The van der Waals surface area contributed by atoms with E-state index in [1.165, 1.54) is 29.7 Å². The van der Waals surface area contributed by atoms with E-state index in [9.17, 15) is 9.59 Å². The van der Waals surface area contributed by atoms with Gasteiger partial charge in [0.1, 0.15) is 0 Å². The number of fused-ring (bicyclic) bond motifs is 1. The molecule has 7 rings (SSSR count). The summed E-state index contributed by atoms with van der Waals surface area (Å²) in [6, 6.07) is 24.0. The highest BCUT2D eigenvalue weighted by Gasteiger charge is 2.44. The third-order valence-electron chi connectivity index (χ3n) is 10.3. The van der Waals surface area contributed by atoms with Crippen LogP contribution in [0.5, 0.6) is 0 Å². The van der Waals surface area contributed by atoms with E-state index in [0.717, 1.165) is 80.3 Å². The van der Waals surface area contributed by atoms with Crippen molar-refractivity contribution in [2.45, 2.75) is 63.4 Å². The van der Waals surface area contributed by atoms with Crippen LogP contribution in [0.15, 0.2) is 88.8 Å². The Morgan fingerprint density at radius 2 is 1.81 bits per heavy atom. The maximum Gasteiger partial charge on any atom is 0.266 e. The van der Waals surface area contributed by atoms with Crippen LogP contribution < -0.4 is 10.5 Å². The summed E-state index contributed by atoms with van der Waals surface area (Å²) in [5, 5.41) is 2.09. The van der Waals surface area contributed by atoms with Gasteiger partial charge in [0.15, 0.2) is 5.16 Å². The molecule has 2 aliphatic heterocycles. The first kappa shape index (κ1) is 32.0. The summed E-state index contributed by atoms with van der Waals surface area (Å²) in [6.07, 6.45) is 10.6. The first-order chi connectivity index (χ1) is 22.9. The number of carbonyl (C=O) groups excluding carboxylic acids is 1. The van der Waals surface area contributed by atoms with E-state index in [1.54, 1.807) is 16.3 Å². The molecule has 1 aromatic heterocycles. The van der Waals surface area contributed by atoms with Gasteiger partial charge in [-0.25, -0.2) is 4.98 Å². The van der Waals surface area contributed by atoms with Gasteiger partial charge in [0, 0.05) is 54.5 Å². The molecule has 0 saturated carbocycles. The SMILES string of the molecule is CC(CCSc1nc2ccccc2c(=O)n1-c1cccc(C2=CCCCC2)c1)CC(=O)N1CCC2(CCN(c3cccc(Cl)c3)C2)C1. The van der Waals surface area contributed by atoms with E-state index >= 15 is 0 Å². The molecule has 6 nitrogen and oxygen atoms in total. The molecule has 1 amide bonds. The standard InChI is InChI=1S/C39H43ClN4O2S/c1-28(23-36(45)43-21-19-39(27-43)18-20-42(26-39)32-13-8-12-31(40)25-32)17-22-47-38-41-35-16-6-5-15-34(35)37(46)44(38)33-14-7-11-30(24-33)29-9-3-2-4-10-29/h5-9,11-16,24-25,28H,2-4,10,17-23,26-27H2,1H3. The van der Waals surface area contributed by atoms with E-state index in [1.807, 2.05) is 54.6 Å². The van der Waals surface area contributed by atoms with Gasteiger partial charge in [-0.2, -0.15) is 0 Å². The monoisotopic (exact) mass is 666 g/mol. The van der Waals surface area contributed by atoms with Gasteiger partial charge in [-0.05, 0) is 104 Å². The van der Waals surface area contributed by atoms with Gasteiger partial charge in [-0.15, -0.1) is 0 Å². The summed E-state index contributed by atoms with van der Waals surface area (Å²) >= 11 is 7.87. The van der Waals surface area contributed by atoms with Crippen LogP contribution in [0.2, 0.25) is 5.02 Å². The van der Waals surface area contributed by atoms with Crippen molar-refractivity contribution in [1.82, 2.24) is 14.5 Å². The van der Waals surface area contributed by atoms with Crippen LogP contribution in [-0.4, -0.2) is 52.3 Å². The van der Waals surface area contributed by atoms with Crippen LogP contribution in [0.4, 0.5) is 5.69 Å². The number of hydrogen-bond acceptors (Lipinski definition) is 5. The lowest BCUT2D eigenvalue weighted by Crippen LogP contribution is -2.34. The lowest BCUT2D eigenvalue weighted by Gasteiger charge is -2.26. The van der Waals surface area contributed by atoms with E-state index < -0.39 is 0 Å². The Bertz CT molecular complexity index is 1870. The van der Waals surface area contributed by atoms with Crippen molar-refractivity contribution in [2.75, 3.05) is 36.8 Å². The van der Waals surface area contributed by atoms with Gasteiger partial charge in [-0.3, -0.25) is 14.2 Å². The molecule has 2 fully saturated rings. The zero-order valence-electron chi connectivity index (χ0n) is 27.2. The predicted molar refractivity (Wildman–Crippen MR) is 195 cm³/mol. The number of hydrogen-bond donors (Lipinski definition) is 0. The van der Waals surface area contributed by atoms with Crippen molar-refractivity contribution in [1.29, 1.82) is 0 Å². The number of aromatic nitrogens is 2. The Balaban J connectivity index is 0.998. The molecule has 0 bridgehead atoms. The Morgan fingerprint density at radius 1 is 0.979 bits per heavy atom. The maximum absolute atomic E-state index is 13.9. The second-order valence-corrected chi connectivity index (χ2v) is 15.2. The van der Waals surface area contributed by atoms with Gasteiger partial charge < -0.3 is 9.80 Å². The third-order valence-corrected chi connectivity index (χ3v) is 11.5. The zero-order chi connectivity index (χ0) is 32.4. The Kier molecular flexibility index (Phi) is 9.47. The lowest BCUT2D eigenvalue weighted by molar-refractivity contribution is -0.131. The van der Waals surface area contributed by atoms with Crippen LogP contribution >= 0.6 is 23.4 Å². The first-order valence-electron chi connectivity index (χ1n) is 17.1. The highest BCUT2D eigenvalue weighted by Crippen LogP contribution is 2.42. The molecule has 4 aromatic rings. The molecule has 0 N–H and O–H groups in total. The number of allylic oxidation sites excluding steroid dienone is 2. The molecule has 3 aromatic carbocycles. The van der Waals surface area contributed by atoms with E-state index in [0.29, 0.717) is 17.0 Å². The third kappa shape index (κ3) is 7.02. The summed E-state index contributed by atoms with van der Waals surface area (Å²) < 4.78 is 1.79. The Morgan fingerprint density at radius 3 is 2.66 bits per heavy atom. The smallest absolute Gasteiger partial charge is 0.266 e. The van der Waals surface area contributed by atoms with E-state index in [2.05, 4.69) is 41.0 Å². The summed E-state index contributed by atoms with van der Waals surface area (Å²) in [7, 11) is 0. The van der Waals surface area contributed by atoms with Gasteiger partial charge in [-0.1, -0.05) is 66.7 Å². The summed E-state index contributed by atoms with van der Waals surface area (Å²) in [4.78, 5) is 36.8. The summed E-state index contributed by atoms with van der Waals surface area (Å²) in [5.74, 6) is 1.28. The van der Waals surface area contributed by atoms with Gasteiger partial charge in [0.25, 0.3) is 5.56 Å². The van der Waals surface area contributed by atoms with Crippen molar-refractivity contribution in [3.8, 4) is 5.69 Å². The number of likely N-dealkylation sites (tertiary alicyclic amines) is 1. The van der Waals surface area contributed by atoms with Gasteiger partial charge in [0.2, 0.25) is 5.91 Å². The number of carbonyl (C=O) groups is 1. The number of thioether (sulfide) groups is 1. The fourth-order valence-electron chi connectivity index (χ4n) is 7.57. The Labute approximate surface area is 286 Å². The lowest BCUT2D eigenvalue weighted by atomic mass is 9.86. The fourth-order valence-corrected chi connectivity index (χ4v) is 8.94. The largest absolute Gasteiger partial charge is 0.371 e. The average Bonchev–Trinajstić information content (AvgIpc) is 3.72. The van der Waals surface area contributed by atoms with E-state index in [-0.39, 0.29) is 22.8 Å². The predicted octanol–water partition coefficient (Wildman–Crippen LogP) is 8.63. The van der Waals surface area contributed by atoms with Crippen molar-refractivity contribution in [3.63, 3.8) is 0 Å². The maximum atomic E-state index is 13.9. The highest BCUT2D eigenvalue weighted by molar-refractivity contribution is 7.99. The fraction of sp³-hybridized carbons (Fsp3) is 0.410. The minimum absolute atomic E-state index is 0.0418. The molecular formula is C39H43ClN4O2S. The highest BCUT2D eigenvalue weighted by atomic mass is 35.5. The first-order valence-corrected chi connectivity index (χ1v) is 18.5. The molecule has 3 aliphatic rings. The molecule has 1 aliphatic carbocycles. The molecule has 1 spiro atoms. The number of para-hydroxylation sites is 1. The molecule has 244 valence electrons. The van der Waals surface area contributed by atoms with Crippen molar-refractivity contribution < 1.29 is 4.79 Å². The second kappa shape index (κ2) is 13.9. The number of nitrogens with zero attached hydrogens (tertiary/aromatic N) is 4. The van der Waals surface area contributed by atoms with Crippen LogP contribution in [0.3, 0.4) is 0 Å². The van der Waals surface area contributed by atoms with Crippen LogP contribution in [0, 0.1) is 11.3 Å². The number of anilines is 1. The Hall–Kier alpha value is -3.55. The molecular weight excluding hydrogens is 624 g/mol. The minimum Gasteiger partial charge on any atom is -0.371 e. The minimum atomic E-state index is -0.0418. The van der Waals surface area contributed by atoms with E-state index in [4.69, 9.17) is 16.6 Å². The second-order valence-electron chi connectivity index (χ2n) is 13.7. The number of benzene rings is 3. The van der Waals surface area contributed by atoms with Crippen molar-refractivity contribution in [2.24, 2.45) is 11.3 Å². The molecule has 3 heterocycles. The quantitative estimate of drug-likeness (QED) is 0.132. The van der Waals surface area contributed by atoms with Gasteiger partial charge >= 0.3 is 0 Å². The van der Waals surface area contributed by atoms with Crippen LogP contribution in [-0.2, 0) is 4.79 Å². The van der Waals surface area contributed by atoms with Crippen molar-refractivity contribution in [3.05, 3.63) is 99.8 Å². The zero-order valence-corrected chi connectivity index (χ0v) is 28.7. The summed E-state index contributed by atoms with van der Waals surface area (Å²) in [5.41, 5.74) is 5.42. The van der Waals surface area contributed by atoms with Crippen molar-refractivity contribution >= 4 is 51.4 Å². The molecule has 0 radical (unpaired) electrons. The number of halogens is 1. The van der Waals surface area contributed by atoms with Gasteiger partial charge in [0.05, 0.1) is 16.6 Å². The molecule has 8 heteroatoms.